The zero-order chi connectivity index (χ0) is 15.7. The van der Waals surface area contributed by atoms with E-state index in [1.807, 2.05) is 0 Å². The third-order valence-electron chi connectivity index (χ3n) is 3.98. The molecule has 0 aromatic carbocycles. The van der Waals surface area contributed by atoms with E-state index in [1.165, 1.54) is 0 Å². The van der Waals surface area contributed by atoms with Crippen molar-refractivity contribution in [3.63, 3.8) is 0 Å². The van der Waals surface area contributed by atoms with Gasteiger partial charge in [0.05, 0.1) is 12.1 Å². The monoisotopic (exact) mass is 302 g/mol. The number of imidazole rings is 1. The third kappa shape index (κ3) is 2.55. The van der Waals surface area contributed by atoms with Crippen molar-refractivity contribution >= 4 is 5.91 Å². The Balaban J connectivity index is 1.93. The predicted molar refractivity (Wildman–Crippen MR) is 79.6 cm³/mol. The topological polar surface area (TPSA) is 91.1 Å². The van der Waals surface area contributed by atoms with Crippen LogP contribution in [0.2, 0.25) is 0 Å². The van der Waals surface area contributed by atoms with Crippen LogP contribution >= 0.6 is 0 Å². The third-order valence-corrected chi connectivity index (χ3v) is 3.98. The number of rotatable bonds is 3. The number of pyridine rings is 1. The van der Waals surface area contributed by atoms with Gasteiger partial charge in [-0.05, 0) is 19.1 Å². The molecule has 116 valence electrons. The van der Waals surface area contributed by atoms with Crippen molar-refractivity contribution in [2.75, 3.05) is 13.7 Å². The van der Waals surface area contributed by atoms with E-state index in [-0.39, 0.29) is 29.2 Å². The van der Waals surface area contributed by atoms with Crippen LogP contribution in [0.25, 0.3) is 0 Å². The van der Waals surface area contributed by atoms with Gasteiger partial charge in [-0.25, -0.2) is 4.98 Å². The average Bonchev–Trinajstić information content (AvgIpc) is 3.15. The lowest BCUT2D eigenvalue weighted by Crippen LogP contribution is -2.35. The molecule has 0 saturated carbocycles. The van der Waals surface area contributed by atoms with Crippen molar-refractivity contribution in [1.82, 2.24) is 19.9 Å². The smallest absolute Gasteiger partial charge is 0.260 e. The Morgan fingerprint density at radius 2 is 2.27 bits per heavy atom. The molecule has 0 aliphatic carbocycles. The summed E-state index contributed by atoms with van der Waals surface area (Å²) in [7, 11) is 1.62. The molecular weight excluding hydrogens is 284 g/mol. The van der Waals surface area contributed by atoms with Crippen LogP contribution in [0.3, 0.4) is 0 Å². The maximum atomic E-state index is 12.8. The van der Waals surface area contributed by atoms with Crippen LogP contribution in [-0.4, -0.2) is 45.5 Å². The van der Waals surface area contributed by atoms with Crippen LogP contribution in [-0.2, 0) is 4.74 Å². The Morgan fingerprint density at radius 3 is 2.91 bits per heavy atom. The van der Waals surface area contributed by atoms with Gasteiger partial charge in [0.25, 0.3) is 11.5 Å². The summed E-state index contributed by atoms with van der Waals surface area (Å²) < 4.78 is 5.38. The maximum Gasteiger partial charge on any atom is 0.260 e. The Labute approximate surface area is 127 Å². The number of methoxy groups -OCH3 is 1. The molecule has 1 amide bonds. The van der Waals surface area contributed by atoms with Gasteiger partial charge in [0.1, 0.15) is 11.4 Å². The molecule has 0 bridgehead atoms. The fourth-order valence-electron chi connectivity index (χ4n) is 2.81. The van der Waals surface area contributed by atoms with E-state index in [4.69, 9.17) is 4.74 Å². The van der Waals surface area contributed by atoms with Gasteiger partial charge in [-0.1, -0.05) is 0 Å². The van der Waals surface area contributed by atoms with Gasteiger partial charge in [-0.2, -0.15) is 0 Å². The molecular formula is C15H18N4O3. The highest BCUT2D eigenvalue weighted by Gasteiger charge is 2.38. The number of hydrogen-bond donors (Lipinski definition) is 2. The number of ether oxygens (including phenoxy) is 1. The minimum Gasteiger partial charge on any atom is -0.380 e. The molecule has 1 aliphatic heterocycles. The summed E-state index contributed by atoms with van der Waals surface area (Å²) in [4.78, 5) is 36.4. The van der Waals surface area contributed by atoms with Gasteiger partial charge in [0.2, 0.25) is 0 Å². The average molecular weight is 302 g/mol. The lowest BCUT2D eigenvalue weighted by Gasteiger charge is -2.22. The zero-order valence-electron chi connectivity index (χ0n) is 12.5. The van der Waals surface area contributed by atoms with E-state index in [9.17, 15) is 9.59 Å². The van der Waals surface area contributed by atoms with Crippen LogP contribution < -0.4 is 5.56 Å². The largest absolute Gasteiger partial charge is 0.380 e. The number of nitrogens with zero attached hydrogens (tertiary/aromatic N) is 2. The summed E-state index contributed by atoms with van der Waals surface area (Å²) in [5.74, 6) is 0.402. The summed E-state index contributed by atoms with van der Waals surface area (Å²) in [5, 5.41) is 0. The molecule has 3 rings (SSSR count). The molecule has 1 fully saturated rings. The van der Waals surface area contributed by atoms with E-state index in [1.54, 1.807) is 43.5 Å². The second-order valence-corrected chi connectivity index (χ2v) is 5.43. The highest BCUT2D eigenvalue weighted by Crippen LogP contribution is 2.32. The molecule has 7 heteroatoms. The SMILES string of the molecule is CO[C@@H]1CC(c2ncc[nH]2)N(C(=O)c2ccc(C)[nH]c2=O)C1. The molecule has 2 atom stereocenters. The Morgan fingerprint density at radius 1 is 1.45 bits per heavy atom. The molecule has 1 saturated heterocycles. The van der Waals surface area contributed by atoms with Crippen molar-refractivity contribution in [2.24, 2.45) is 0 Å². The number of carbonyl (C=O) groups excluding carboxylic acids is 1. The maximum absolute atomic E-state index is 12.8. The Bertz CT molecular complexity index is 723. The van der Waals surface area contributed by atoms with E-state index in [2.05, 4.69) is 15.0 Å². The van der Waals surface area contributed by atoms with E-state index < -0.39 is 0 Å². The van der Waals surface area contributed by atoms with Crippen molar-refractivity contribution in [1.29, 1.82) is 0 Å². The summed E-state index contributed by atoms with van der Waals surface area (Å²) in [5.41, 5.74) is 0.489. The Hall–Kier alpha value is -2.41. The van der Waals surface area contributed by atoms with E-state index in [0.717, 1.165) is 5.69 Å². The number of likely N-dealkylation sites (tertiary alicyclic amines) is 1. The minimum absolute atomic E-state index is 0.0661. The fraction of sp³-hybridized carbons (Fsp3) is 0.400. The first-order valence-electron chi connectivity index (χ1n) is 7.13. The number of aromatic nitrogens is 3. The second kappa shape index (κ2) is 5.76. The molecule has 1 aliphatic rings. The summed E-state index contributed by atoms with van der Waals surface area (Å²) in [6.45, 7) is 2.21. The van der Waals surface area contributed by atoms with Crippen LogP contribution in [0.5, 0.6) is 0 Å². The second-order valence-electron chi connectivity index (χ2n) is 5.43. The van der Waals surface area contributed by atoms with Gasteiger partial charge in [-0.3, -0.25) is 9.59 Å². The normalized spacial score (nSPS) is 21.3. The first kappa shape index (κ1) is 14.5. The first-order chi connectivity index (χ1) is 10.6. The molecule has 1 unspecified atom stereocenters. The van der Waals surface area contributed by atoms with E-state index in [0.29, 0.717) is 18.8 Å². The van der Waals surface area contributed by atoms with Crippen molar-refractivity contribution < 1.29 is 9.53 Å². The quantitative estimate of drug-likeness (QED) is 0.885. The molecule has 0 spiro atoms. The number of hydrogen-bond acceptors (Lipinski definition) is 4. The molecule has 7 nitrogen and oxygen atoms in total. The summed E-state index contributed by atoms with van der Waals surface area (Å²) >= 11 is 0. The Kier molecular flexibility index (Phi) is 3.81. The van der Waals surface area contributed by atoms with Gasteiger partial charge >= 0.3 is 0 Å². The molecule has 22 heavy (non-hydrogen) atoms. The van der Waals surface area contributed by atoms with Crippen LogP contribution in [0, 0.1) is 6.92 Å². The molecule has 3 heterocycles. The predicted octanol–water partition coefficient (Wildman–Crippen LogP) is 1.01. The number of aromatic amines is 2. The highest BCUT2D eigenvalue weighted by atomic mass is 16.5. The van der Waals surface area contributed by atoms with Crippen LogP contribution in [0.15, 0.2) is 29.3 Å². The number of nitrogens with one attached hydrogen (secondary N) is 2. The van der Waals surface area contributed by atoms with Gasteiger partial charge in [0.15, 0.2) is 0 Å². The van der Waals surface area contributed by atoms with Crippen molar-refractivity contribution in [2.45, 2.75) is 25.5 Å². The summed E-state index contributed by atoms with van der Waals surface area (Å²) in [6, 6.07) is 3.07. The van der Waals surface area contributed by atoms with Crippen LogP contribution in [0.4, 0.5) is 0 Å². The summed E-state index contributed by atoms with van der Waals surface area (Å²) in [6.07, 6.45) is 3.95. The number of H-pyrrole nitrogens is 2. The van der Waals surface area contributed by atoms with E-state index >= 15 is 0 Å². The lowest BCUT2D eigenvalue weighted by molar-refractivity contribution is 0.0683. The lowest BCUT2D eigenvalue weighted by atomic mass is 10.1. The van der Waals surface area contributed by atoms with Crippen LogP contribution in [0.1, 0.15) is 34.3 Å². The zero-order valence-corrected chi connectivity index (χ0v) is 12.5. The minimum atomic E-state index is -0.371. The number of amides is 1. The standard InChI is InChI=1S/C15H18N4O3/c1-9-3-4-11(14(20)18-9)15(21)19-8-10(22-2)7-12(19)13-16-5-6-17-13/h3-6,10,12H,7-8H2,1-2H3,(H,16,17)(H,18,20)/t10-,12?/m1/s1. The molecule has 0 radical (unpaired) electrons. The van der Waals surface area contributed by atoms with Gasteiger partial charge in [0, 0.05) is 38.2 Å². The molecule has 2 aromatic heterocycles. The van der Waals surface area contributed by atoms with Gasteiger partial charge in [-0.15, -0.1) is 0 Å². The molecule has 2 N–H and O–H groups in total. The highest BCUT2D eigenvalue weighted by molar-refractivity contribution is 5.94. The number of carbonyl (C=O) groups is 1. The first-order valence-corrected chi connectivity index (χ1v) is 7.13. The number of aryl methyl sites for hydroxylation is 1. The fourth-order valence-corrected chi connectivity index (χ4v) is 2.81. The van der Waals surface area contributed by atoms with Gasteiger partial charge < -0.3 is 19.6 Å². The molecule has 2 aromatic rings. The van der Waals surface area contributed by atoms with Crippen molar-refractivity contribution in [3.05, 3.63) is 52.0 Å². The van der Waals surface area contributed by atoms with Crippen molar-refractivity contribution in [3.8, 4) is 0 Å².